The fraction of sp³-hybridized carbons (Fsp3) is 0.636. The Morgan fingerprint density at radius 2 is 1.91 bits per heavy atom. The van der Waals surface area contributed by atoms with E-state index in [0.717, 1.165) is 4.90 Å². The molecule has 22 heavy (non-hydrogen) atoms. The third kappa shape index (κ3) is 3.28. The van der Waals surface area contributed by atoms with E-state index in [1.54, 1.807) is 0 Å². The average Bonchev–Trinajstić information content (AvgIpc) is 2.83. The minimum Gasteiger partial charge on any atom is -0.475 e. The van der Waals surface area contributed by atoms with Crippen molar-refractivity contribution in [2.45, 2.75) is 25.2 Å². The van der Waals surface area contributed by atoms with E-state index >= 15 is 0 Å². The Kier molecular flexibility index (Phi) is 4.00. The van der Waals surface area contributed by atoms with Gasteiger partial charge in [0.2, 0.25) is 5.76 Å². The number of carbonyl (C=O) groups is 1. The number of carboxylic acids is 1. The van der Waals surface area contributed by atoms with E-state index in [-0.39, 0.29) is 19.4 Å². The Morgan fingerprint density at radius 3 is 2.36 bits per heavy atom. The summed E-state index contributed by atoms with van der Waals surface area (Å²) in [5, 5.41) is 8.69. The number of hydrogen-bond acceptors (Lipinski definition) is 4. The van der Waals surface area contributed by atoms with E-state index in [0.29, 0.717) is 0 Å². The first-order valence-electron chi connectivity index (χ1n) is 6.13. The molecule has 0 saturated carbocycles. The molecule has 1 aromatic rings. The van der Waals surface area contributed by atoms with Crippen molar-refractivity contribution in [3.63, 3.8) is 0 Å². The first kappa shape index (κ1) is 16.4. The zero-order valence-electron chi connectivity index (χ0n) is 10.8. The van der Waals surface area contributed by atoms with Gasteiger partial charge in [0, 0.05) is 13.1 Å². The van der Waals surface area contributed by atoms with Gasteiger partial charge in [-0.25, -0.2) is 4.79 Å². The summed E-state index contributed by atoms with van der Waals surface area (Å²) in [5.41, 5.74) is -1.76. The number of hydrogen-bond donors (Lipinski definition) is 1. The van der Waals surface area contributed by atoms with Crippen LogP contribution in [0.3, 0.4) is 0 Å². The minimum atomic E-state index is -5.07. The standard InChI is InChI=1S/C11H10F6N2O3/c12-10(13,14)5-2-1-3-19(4-5)9-18-7(11(15,16)17)6(22-9)8(20)21/h5H,1-4H2,(H,20,21). The van der Waals surface area contributed by atoms with Gasteiger partial charge in [-0.3, -0.25) is 0 Å². The Labute approximate surface area is 119 Å². The van der Waals surface area contributed by atoms with Crippen LogP contribution >= 0.6 is 0 Å². The fourth-order valence-corrected chi connectivity index (χ4v) is 2.20. The third-order valence-electron chi connectivity index (χ3n) is 3.23. The maximum absolute atomic E-state index is 12.7. The molecule has 11 heteroatoms. The predicted molar refractivity (Wildman–Crippen MR) is 59.5 cm³/mol. The van der Waals surface area contributed by atoms with Crippen molar-refractivity contribution in [2.75, 3.05) is 18.0 Å². The highest BCUT2D eigenvalue weighted by Gasteiger charge is 2.45. The Morgan fingerprint density at radius 1 is 1.27 bits per heavy atom. The molecule has 1 unspecified atom stereocenters. The number of rotatable bonds is 2. The lowest BCUT2D eigenvalue weighted by Gasteiger charge is -2.32. The maximum Gasteiger partial charge on any atom is 0.437 e. The molecule has 2 rings (SSSR count). The molecule has 2 heterocycles. The number of carboxylic acid groups (broad SMARTS) is 1. The summed E-state index contributed by atoms with van der Waals surface area (Å²) in [5.74, 6) is -5.15. The molecule has 0 spiro atoms. The van der Waals surface area contributed by atoms with E-state index in [1.807, 2.05) is 0 Å². The van der Waals surface area contributed by atoms with Crippen LogP contribution in [0.1, 0.15) is 29.1 Å². The highest BCUT2D eigenvalue weighted by Crippen LogP contribution is 2.37. The second-order valence-electron chi connectivity index (χ2n) is 4.80. The van der Waals surface area contributed by atoms with Crippen molar-refractivity contribution in [3.8, 4) is 0 Å². The van der Waals surface area contributed by atoms with Crippen molar-refractivity contribution in [1.82, 2.24) is 4.98 Å². The maximum atomic E-state index is 12.7. The van der Waals surface area contributed by atoms with Gasteiger partial charge in [-0.05, 0) is 12.8 Å². The normalized spacial score (nSPS) is 20.3. The van der Waals surface area contributed by atoms with Crippen LogP contribution in [-0.4, -0.2) is 35.3 Å². The molecule has 1 aliphatic heterocycles. The van der Waals surface area contributed by atoms with Gasteiger partial charge in [-0.15, -0.1) is 0 Å². The van der Waals surface area contributed by atoms with Gasteiger partial charge < -0.3 is 14.4 Å². The van der Waals surface area contributed by atoms with Crippen LogP contribution in [-0.2, 0) is 6.18 Å². The van der Waals surface area contributed by atoms with Gasteiger partial charge in [0.15, 0.2) is 5.69 Å². The molecule has 0 bridgehead atoms. The van der Waals surface area contributed by atoms with Crippen molar-refractivity contribution in [1.29, 1.82) is 0 Å². The fourth-order valence-electron chi connectivity index (χ4n) is 2.20. The number of aromatic carboxylic acids is 1. The molecule has 1 atom stereocenters. The SMILES string of the molecule is O=C(O)c1oc(N2CCCC(C(F)(F)F)C2)nc1C(F)(F)F. The molecule has 0 aromatic carbocycles. The molecule has 124 valence electrons. The van der Waals surface area contributed by atoms with Crippen LogP contribution < -0.4 is 4.90 Å². The zero-order chi connectivity index (χ0) is 16.7. The number of oxazole rings is 1. The van der Waals surface area contributed by atoms with Crippen LogP contribution in [0.4, 0.5) is 32.4 Å². The van der Waals surface area contributed by atoms with Gasteiger partial charge in [-0.2, -0.15) is 31.3 Å². The number of nitrogens with zero attached hydrogens (tertiary/aromatic N) is 2. The number of anilines is 1. The average molecular weight is 332 g/mol. The Bertz CT molecular complexity index is 565. The van der Waals surface area contributed by atoms with Crippen LogP contribution in [0, 0.1) is 5.92 Å². The topological polar surface area (TPSA) is 66.6 Å². The van der Waals surface area contributed by atoms with Crippen LogP contribution in [0.5, 0.6) is 0 Å². The molecule has 0 amide bonds. The monoisotopic (exact) mass is 332 g/mol. The van der Waals surface area contributed by atoms with Crippen molar-refractivity contribution in [2.24, 2.45) is 5.92 Å². The molecule has 1 aromatic heterocycles. The number of piperidine rings is 1. The summed E-state index contributed by atoms with van der Waals surface area (Å²) in [7, 11) is 0. The van der Waals surface area contributed by atoms with E-state index in [4.69, 9.17) is 5.11 Å². The Balaban J connectivity index is 2.31. The largest absolute Gasteiger partial charge is 0.475 e. The van der Waals surface area contributed by atoms with E-state index in [1.165, 1.54) is 0 Å². The molecule has 1 aliphatic rings. The molecule has 5 nitrogen and oxygen atoms in total. The predicted octanol–water partition coefficient (Wildman–Crippen LogP) is 3.17. The van der Waals surface area contributed by atoms with Crippen molar-refractivity contribution < 1.29 is 40.7 Å². The van der Waals surface area contributed by atoms with Gasteiger partial charge in [-0.1, -0.05) is 0 Å². The van der Waals surface area contributed by atoms with Gasteiger partial charge >= 0.3 is 18.3 Å². The first-order chi connectivity index (χ1) is 10.00. The highest BCUT2D eigenvalue weighted by atomic mass is 19.4. The summed E-state index contributed by atoms with van der Waals surface area (Å²) in [6, 6.07) is -0.765. The second-order valence-corrected chi connectivity index (χ2v) is 4.80. The molecular formula is C11H10F6N2O3. The summed E-state index contributed by atoms with van der Waals surface area (Å²) in [4.78, 5) is 14.7. The summed E-state index contributed by atoms with van der Waals surface area (Å²) >= 11 is 0. The molecule has 1 fully saturated rings. The quantitative estimate of drug-likeness (QED) is 0.843. The van der Waals surface area contributed by atoms with E-state index in [9.17, 15) is 31.1 Å². The minimum absolute atomic E-state index is 0.00342. The van der Waals surface area contributed by atoms with Gasteiger partial charge in [0.1, 0.15) is 0 Å². The highest BCUT2D eigenvalue weighted by molar-refractivity contribution is 5.86. The lowest BCUT2D eigenvalue weighted by atomic mass is 9.98. The van der Waals surface area contributed by atoms with Crippen LogP contribution in [0.2, 0.25) is 0 Å². The summed E-state index contributed by atoms with van der Waals surface area (Å²) in [6.45, 7) is -0.621. The Hall–Kier alpha value is -1.94. The number of aromatic nitrogens is 1. The first-order valence-corrected chi connectivity index (χ1v) is 6.13. The van der Waals surface area contributed by atoms with Gasteiger partial charge in [0.05, 0.1) is 5.92 Å². The molecule has 1 saturated heterocycles. The van der Waals surface area contributed by atoms with Crippen molar-refractivity contribution >= 4 is 12.0 Å². The summed E-state index contributed by atoms with van der Waals surface area (Å²) in [6.07, 6.45) is -9.64. The van der Waals surface area contributed by atoms with E-state index in [2.05, 4.69) is 9.40 Å². The van der Waals surface area contributed by atoms with Crippen LogP contribution in [0.25, 0.3) is 0 Å². The zero-order valence-corrected chi connectivity index (χ0v) is 10.8. The third-order valence-corrected chi connectivity index (χ3v) is 3.23. The van der Waals surface area contributed by atoms with Crippen molar-refractivity contribution in [3.05, 3.63) is 11.5 Å². The lowest BCUT2D eigenvalue weighted by Crippen LogP contribution is -2.41. The lowest BCUT2D eigenvalue weighted by molar-refractivity contribution is -0.176. The molecule has 0 aliphatic carbocycles. The van der Waals surface area contributed by atoms with E-state index < -0.39 is 48.3 Å². The summed E-state index contributed by atoms with van der Waals surface area (Å²) < 4.78 is 80.6. The smallest absolute Gasteiger partial charge is 0.437 e. The number of halogens is 6. The molecular weight excluding hydrogens is 322 g/mol. The van der Waals surface area contributed by atoms with Gasteiger partial charge in [0.25, 0.3) is 6.01 Å². The number of alkyl halides is 6. The molecule has 0 radical (unpaired) electrons. The molecule has 1 N–H and O–H groups in total. The second kappa shape index (κ2) is 5.36. The van der Waals surface area contributed by atoms with Crippen LogP contribution in [0.15, 0.2) is 4.42 Å².